The first-order valence-electron chi connectivity index (χ1n) is 13.3. The van der Waals surface area contributed by atoms with Gasteiger partial charge in [-0.15, -0.1) is 0 Å². The van der Waals surface area contributed by atoms with Gasteiger partial charge in [0.1, 0.15) is 18.5 Å². The number of hydrogen-bond donors (Lipinski definition) is 1. The molecule has 0 spiro atoms. The van der Waals surface area contributed by atoms with E-state index in [1.54, 1.807) is 13.0 Å². The lowest BCUT2D eigenvalue weighted by Crippen LogP contribution is -2.55. The monoisotopic (exact) mass is 488 g/mol. The predicted octanol–water partition coefficient (Wildman–Crippen LogP) is 3.81. The number of aldehydes is 1. The molecule has 35 heavy (non-hydrogen) atoms. The lowest BCUT2D eigenvalue weighted by Gasteiger charge is -2.60. The topological polar surface area (TPSA) is 107 Å². The molecule has 0 aromatic rings. The number of fused-ring (bicyclic) bond motifs is 5. The zero-order chi connectivity index (χ0) is 25.5. The number of ketones is 1. The third-order valence-electron chi connectivity index (χ3n) is 10.1. The molecule has 194 valence electrons. The first kappa shape index (κ1) is 26.1. The molecule has 0 saturated heterocycles. The van der Waals surface area contributed by atoms with E-state index in [-0.39, 0.29) is 48.1 Å². The highest BCUT2D eigenvalue weighted by Gasteiger charge is 2.66. The highest BCUT2D eigenvalue weighted by Crippen LogP contribution is 2.67. The fourth-order valence-electron chi connectivity index (χ4n) is 8.62. The first-order valence-corrected chi connectivity index (χ1v) is 13.3. The van der Waals surface area contributed by atoms with Gasteiger partial charge in [0.2, 0.25) is 0 Å². The summed E-state index contributed by atoms with van der Waals surface area (Å²) in [7, 11) is 0. The van der Waals surface area contributed by atoms with Crippen molar-refractivity contribution in [2.24, 2.45) is 40.4 Å². The second kappa shape index (κ2) is 9.79. The Labute approximate surface area is 208 Å². The van der Waals surface area contributed by atoms with Gasteiger partial charge in [-0.1, -0.05) is 19.9 Å². The van der Waals surface area contributed by atoms with Gasteiger partial charge in [0.05, 0.1) is 13.0 Å². The van der Waals surface area contributed by atoms with Crippen LogP contribution in [0.5, 0.6) is 0 Å². The van der Waals surface area contributed by atoms with Crippen LogP contribution in [0.3, 0.4) is 0 Å². The van der Waals surface area contributed by atoms with E-state index >= 15 is 0 Å². The van der Waals surface area contributed by atoms with Crippen molar-refractivity contribution in [2.75, 3.05) is 6.61 Å². The second-order valence-electron chi connectivity index (χ2n) is 11.7. The van der Waals surface area contributed by atoms with Crippen LogP contribution in [-0.2, 0) is 28.7 Å². The van der Waals surface area contributed by atoms with Gasteiger partial charge < -0.3 is 14.6 Å². The van der Waals surface area contributed by atoms with Crippen molar-refractivity contribution in [3.8, 4) is 0 Å². The van der Waals surface area contributed by atoms with E-state index in [9.17, 15) is 24.3 Å². The van der Waals surface area contributed by atoms with Crippen molar-refractivity contribution >= 4 is 24.0 Å². The van der Waals surface area contributed by atoms with Gasteiger partial charge in [-0.2, -0.15) is 0 Å². The predicted molar refractivity (Wildman–Crippen MR) is 128 cm³/mol. The van der Waals surface area contributed by atoms with Gasteiger partial charge in [-0.3, -0.25) is 19.2 Å². The minimum Gasteiger partial charge on any atom is -0.466 e. The highest BCUT2D eigenvalue weighted by atomic mass is 16.5. The van der Waals surface area contributed by atoms with Crippen LogP contribution in [0.15, 0.2) is 11.6 Å². The standard InChI is InChI=1S/C28H40O7/c1-5-34-22(31)9-6-17(15-29)23-25(32)26(33)24-20-8-7-18-14-19(35-16(2)30)10-12-27(18,3)21(20)11-13-28(23,24)4/h6,15,18-21,23-25,32H,5,7-14H2,1-4H3/b17-6+/t18-,19+,20-,21+,23?,24-,25-,27+,28-/m1/s1. The van der Waals surface area contributed by atoms with Crippen LogP contribution >= 0.6 is 0 Å². The molecule has 1 unspecified atom stereocenters. The number of Topliss-reactive ketones (excluding diaryl/α,β-unsaturated/α-hetero) is 1. The third kappa shape index (κ3) is 4.38. The Bertz CT molecular complexity index is 909. The Hall–Kier alpha value is -2.02. The number of carbonyl (C=O) groups is 4. The molecule has 7 heteroatoms. The molecule has 4 fully saturated rings. The highest BCUT2D eigenvalue weighted by molar-refractivity contribution is 5.92. The van der Waals surface area contributed by atoms with Crippen molar-refractivity contribution in [3.63, 3.8) is 0 Å². The molecule has 4 saturated carbocycles. The Kier molecular flexibility index (Phi) is 7.29. The molecule has 0 heterocycles. The van der Waals surface area contributed by atoms with Crippen molar-refractivity contribution < 1.29 is 33.8 Å². The summed E-state index contributed by atoms with van der Waals surface area (Å²) in [5, 5.41) is 11.1. The van der Waals surface area contributed by atoms with Gasteiger partial charge in [-0.25, -0.2) is 0 Å². The smallest absolute Gasteiger partial charge is 0.309 e. The second-order valence-corrected chi connectivity index (χ2v) is 11.7. The van der Waals surface area contributed by atoms with Crippen molar-refractivity contribution in [3.05, 3.63) is 11.6 Å². The fraction of sp³-hybridized carbons (Fsp3) is 0.786. The molecule has 0 aliphatic heterocycles. The maximum atomic E-state index is 13.6. The average Bonchev–Trinajstić information content (AvgIpc) is 3.00. The zero-order valence-electron chi connectivity index (χ0n) is 21.5. The number of esters is 2. The molecule has 0 radical (unpaired) electrons. The lowest BCUT2D eigenvalue weighted by atomic mass is 9.44. The summed E-state index contributed by atoms with van der Waals surface area (Å²) < 4.78 is 10.5. The Morgan fingerprint density at radius 2 is 1.83 bits per heavy atom. The van der Waals surface area contributed by atoms with E-state index in [1.807, 2.05) is 0 Å². The summed E-state index contributed by atoms with van der Waals surface area (Å²) in [6.45, 7) is 7.86. The number of carbonyl (C=O) groups excluding carboxylic acids is 4. The van der Waals surface area contributed by atoms with Crippen LogP contribution in [0.25, 0.3) is 0 Å². The molecule has 0 amide bonds. The van der Waals surface area contributed by atoms with E-state index in [0.29, 0.717) is 23.7 Å². The Morgan fingerprint density at radius 3 is 2.49 bits per heavy atom. The number of aliphatic hydroxyl groups is 1. The van der Waals surface area contributed by atoms with Gasteiger partial charge in [-0.05, 0) is 86.0 Å². The summed E-state index contributed by atoms with van der Waals surface area (Å²) in [6, 6.07) is 0. The largest absolute Gasteiger partial charge is 0.466 e. The van der Waals surface area contributed by atoms with Gasteiger partial charge in [0, 0.05) is 18.8 Å². The zero-order valence-corrected chi connectivity index (χ0v) is 21.5. The molecular formula is C28H40O7. The quantitative estimate of drug-likeness (QED) is 0.344. The summed E-state index contributed by atoms with van der Waals surface area (Å²) in [5.41, 5.74) is -0.0987. The number of hydrogen-bond acceptors (Lipinski definition) is 7. The normalized spacial score (nSPS) is 42.9. The van der Waals surface area contributed by atoms with Gasteiger partial charge in [0.15, 0.2) is 5.78 Å². The third-order valence-corrected chi connectivity index (χ3v) is 10.1. The molecule has 0 bridgehead atoms. The number of ether oxygens (including phenoxy) is 2. The van der Waals surface area contributed by atoms with E-state index < -0.39 is 23.4 Å². The van der Waals surface area contributed by atoms with Crippen LogP contribution in [0.4, 0.5) is 0 Å². The summed E-state index contributed by atoms with van der Waals surface area (Å²) in [4.78, 5) is 49.0. The fourth-order valence-corrected chi connectivity index (χ4v) is 8.62. The minimum atomic E-state index is -1.23. The first-order chi connectivity index (χ1) is 16.6. The molecule has 1 N–H and O–H groups in total. The maximum absolute atomic E-state index is 13.6. The Balaban J connectivity index is 1.58. The number of aliphatic hydroxyl groups excluding tert-OH is 1. The SMILES string of the molecule is CCOC(=O)C/C=C(\C=O)C1[C@@H](O)C(=O)[C@H]2[C@@H]3CC[C@@H]4C[C@@H](OC(C)=O)CC[C@]4(C)[C@H]3CC[C@]12C. The summed E-state index contributed by atoms with van der Waals surface area (Å²) in [5.74, 6) is -0.688. The molecule has 4 aliphatic rings. The molecule has 0 aromatic heterocycles. The van der Waals surface area contributed by atoms with Crippen molar-refractivity contribution in [2.45, 2.75) is 91.3 Å². The van der Waals surface area contributed by atoms with E-state index in [4.69, 9.17) is 9.47 Å². The van der Waals surface area contributed by atoms with Crippen molar-refractivity contribution in [1.82, 2.24) is 0 Å². The minimum absolute atomic E-state index is 0.0185. The van der Waals surface area contributed by atoms with Crippen LogP contribution in [0, 0.1) is 40.4 Å². The maximum Gasteiger partial charge on any atom is 0.309 e. The summed E-state index contributed by atoms with van der Waals surface area (Å²) in [6.07, 6.45) is 7.25. The van der Waals surface area contributed by atoms with E-state index in [2.05, 4.69) is 13.8 Å². The van der Waals surface area contributed by atoms with E-state index in [0.717, 1.165) is 44.9 Å². The van der Waals surface area contributed by atoms with Crippen LogP contribution in [0.2, 0.25) is 0 Å². The van der Waals surface area contributed by atoms with Crippen LogP contribution in [-0.4, -0.2) is 47.9 Å². The molecule has 4 rings (SSSR count). The lowest BCUT2D eigenvalue weighted by molar-refractivity contribution is -0.162. The molecular weight excluding hydrogens is 448 g/mol. The molecule has 4 aliphatic carbocycles. The molecule has 0 aromatic carbocycles. The van der Waals surface area contributed by atoms with Crippen molar-refractivity contribution in [1.29, 1.82) is 0 Å². The molecule has 9 atom stereocenters. The summed E-state index contributed by atoms with van der Waals surface area (Å²) >= 11 is 0. The van der Waals surface area contributed by atoms with Gasteiger partial charge >= 0.3 is 11.9 Å². The van der Waals surface area contributed by atoms with Crippen LogP contribution < -0.4 is 0 Å². The van der Waals surface area contributed by atoms with Crippen LogP contribution in [0.1, 0.15) is 79.1 Å². The molecule has 7 nitrogen and oxygen atoms in total. The Morgan fingerprint density at radius 1 is 1.11 bits per heavy atom. The van der Waals surface area contributed by atoms with E-state index in [1.165, 1.54) is 6.92 Å². The van der Waals surface area contributed by atoms with Gasteiger partial charge in [0.25, 0.3) is 0 Å². The number of rotatable bonds is 6. The average molecular weight is 489 g/mol.